The van der Waals surface area contributed by atoms with E-state index in [0.29, 0.717) is 0 Å². The maximum Gasteiger partial charge on any atom is 0.252 e. The predicted octanol–water partition coefficient (Wildman–Crippen LogP) is 20.9. The highest BCUT2D eigenvalue weighted by Crippen LogP contribution is 2.53. The lowest BCUT2D eigenvalue weighted by molar-refractivity contribution is 0.402. The van der Waals surface area contributed by atoms with E-state index in [1.165, 1.54) is 121 Å². The van der Waals surface area contributed by atoms with Crippen molar-refractivity contribution in [3.63, 3.8) is 0 Å². The summed E-state index contributed by atoms with van der Waals surface area (Å²) >= 11 is 0. The van der Waals surface area contributed by atoms with E-state index in [-0.39, 0.29) is 28.4 Å². The van der Waals surface area contributed by atoms with Gasteiger partial charge in [0.25, 0.3) is 6.71 Å². The van der Waals surface area contributed by atoms with Crippen LogP contribution in [0.2, 0.25) is 0 Å². The zero-order valence-electron chi connectivity index (χ0n) is 53.1. The summed E-state index contributed by atoms with van der Waals surface area (Å²) in [6.45, 7) is 19.2. The number of hydrogen-bond donors (Lipinski definition) is 0. The zero-order valence-corrected chi connectivity index (χ0v) is 53.1. The standard InChI is InChI=1S/C86H71BN4/c1-83(2)52-85(5,6)70-46-57(34-42-68(70)83)55-30-37-60(38-31-55)88-78-45-36-59(54-20-10-9-11-21-54)48-73(78)87-72-44-41-62(90-74-26-16-12-22-64(74)65-23-13-17-27-75(65)90)49-79(72)89(61-39-32-56(33-40-61)58-35-43-69-71(47-58)86(7,8)53-84(69,3)4)81-51-63(50-80(88)82(81)87)91-76-28-18-14-24-66(76)67-25-15-19-29-77(67)91/h9-51H,52-53H2,1-8H3. The van der Waals surface area contributed by atoms with Crippen LogP contribution in [0, 0.1) is 0 Å². The quantitative estimate of drug-likeness (QED) is 0.148. The highest BCUT2D eigenvalue weighted by atomic mass is 15.2. The Balaban J connectivity index is 0.912. The number of aromatic nitrogens is 2. The van der Waals surface area contributed by atoms with Gasteiger partial charge in [0.05, 0.1) is 27.8 Å². The first kappa shape index (κ1) is 53.9. The Labute approximate surface area is 534 Å². The fourth-order valence-electron chi connectivity index (χ4n) is 18.0. The van der Waals surface area contributed by atoms with Gasteiger partial charge in [-0.3, -0.25) is 0 Å². The molecule has 0 unspecified atom stereocenters. The number of rotatable bonds is 7. The van der Waals surface area contributed by atoms with E-state index in [2.05, 4.69) is 335 Å². The minimum absolute atomic E-state index is 0.0881. The van der Waals surface area contributed by atoms with Gasteiger partial charge in [-0.25, -0.2) is 0 Å². The van der Waals surface area contributed by atoms with Gasteiger partial charge in [-0.1, -0.05) is 237 Å². The largest absolute Gasteiger partial charge is 0.311 e. The van der Waals surface area contributed by atoms with E-state index >= 15 is 0 Å². The molecule has 2 aliphatic heterocycles. The molecule has 14 aromatic rings. The molecule has 4 aliphatic rings. The summed E-state index contributed by atoms with van der Waals surface area (Å²) in [5, 5.41) is 4.96. The van der Waals surface area contributed by atoms with Crippen LogP contribution in [-0.4, -0.2) is 15.8 Å². The molecule has 0 spiro atoms. The van der Waals surface area contributed by atoms with Gasteiger partial charge in [0.15, 0.2) is 0 Å². The van der Waals surface area contributed by atoms with Gasteiger partial charge in [0, 0.05) is 61.4 Å². The van der Waals surface area contributed by atoms with Gasteiger partial charge in [0.2, 0.25) is 0 Å². The molecular weight excluding hydrogens is 1100 g/mol. The summed E-state index contributed by atoms with van der Waals surface area (Å²) < 4.78 is 5.00. The van der Waals surface area contributed by atoms with Crippen molar-refractivity contribution < 1.29 is 0 Å². The van der Waals surface area contributed by atoms with Crippen LogP contribution >= 0.6 is 0 Å². The van der Waals surface area contributed by atoms with Gasteiger partial charge in [-0.15, -0.1) is 0 Å². The van der Waals surface area contributed by atoms with Gasteiger partial charge in [-0.05, 0) is 185 Å². The van der Waals surface area contributed by atoms with Crippen molar-refractivity contribution in [2.24, 2.45) is 0 Å². The molecule has 5 heteroatoms. The van der Waals surface area contributed by atoms with E-state index in [9.17, 15) is 0 Å². The molecule has 438 valence electrons. The summed E-state index contributed by atoms with van der Waals surface area (Å²) in [6, 6.07) is 99.7. The second-order valence-electron chi connectivity index (χ2n) is 29.1. The predicted molar refractivity (Wildman–Crippen MR) is 387 cm³/mol. The van der Waals surface area contributed by atoms with E-state index in [1.54, 1.807) is 0 Å². The minimum Gasteiger partial charge on any atom is -0.311 e. The Hall–Kier alpha value is -10.1. The molecule has 0 bridgehead atoms. The maximum atomic E-state index is 2.61. The molecule has 2 aromatic heterocycles. The number of anilines is 6. The molecule has 0 saturated heterocycles. The number of fused-ring (bicyclic) bond motifs is 12. The highest BCUT2D eigenvalue weighted by Gasteiger charge is 2.46. The molecule has 0 atom stereocenters. The summed E-state index contributed by atoms with van der Waals surface area (Å²) in [4.78, 5) is 5.20. The average molecular weight is 1170 g/mol. The molecular formula is C86H71BN4. The third kappa shape index (κ3) is 8.02. The minimum atomic E-state index is -0.137. The summed E-state index contributed by atoms with van der Waals surface area (Å²) in [6.07, 6.45) is 2.27. The van der Waals surface area contributed by atoms with Crippen LogP contribution in [0.5, 0.6) is 0 Å². The first-order chi connectivity index (χ1) is 44.1. The molecule has 2 aliphatic carbocycles. The number of hydrogen-bond acceptors (Lipinski definition) is 2. The highest BCUT2D eigenvalue weighted by molar-refractivity contribution is 7.00. The molecule has 0 N–H and O–H groups in total. The topological polar surface area (TPSA) is 16.3 Å². The van der Waals surface area contributed by atoms with Crippen molar-refractivity contribution >= 4 is 101 Å². The van der Waals surface area contributed by atoms with Crippen LogP contribution in [0.3, 0.4) is 0 Å². The second kappa shape index (κ2) is 19.2. The molecule has 18 rings (SSSR count). The Morgan fingerprint density at radius 1 is 0.264 bits per heavy atom. The van der Waals surface area contributed by atoms with Crippen LogP contribution in [0.15, 0.2) is 261 Å². The van der Waals surface area contributed by atoms with Gasteiger partial charge in [-0.2, -0.15) is 0 Å². The van der Waals surface area contributed by atoms with Crippen LogP contribution in [0.4, 0.5) is 34.1 Å². The van der Waals surface area contributed by atoms with E-state index in [1.807, 2.05) is 0 Å². The van der Waals surface area contributed by atoms with Crippen molar-refractivity contribution in [1.82, 2.24) is 9.13 Å². The summed E-state index contributed by atoms with van der Waals surface area (Å²) in [7, 11) is 0. The van der Waals surface area contributed by atoms with E-state index in [4.69, 9.17) is 0 Å². The number of benzene rings is 12. The summed E-state index contributed by atoms with van der Waals surface area (Å²) in [5.74, 6) is 0. The Bertz CT molecular complexity index is 5260. The first-order valence-electron chi connectivity index (χ1n) is 32.7. The van der Waals surface area contributed by atoms with Crippen molar-refractivity contribution in [3.05, 3.63) is 283 Å². The Morgan fingerprint density at radius 2 is 0.626 bits per heavy atom. The molecule has 0 fully saturated rings. The lowest BCUT2D eigenvalue weighted by Crippen LogP contribution is -2.61. The van der Waals surface area contributed by atoms with Gasteiger partial charge >= 0.3 is 0 Å². The van der Waals surface area contributed by atoms with E-state index in [0.717, 1.165) is 52.7 Å². The number of nitrogens with zero attached hydrogens (tertiary/aromatic N) is 4. The number of para-hydroxylation sites is 4. The first-order valence-corrected chi connectivity index (χ1v) is 32.7. The Morgan fingerprint density at radius 3 is 1.11 bits per heavy atom. The van der Waals surface area contributed by atoms with Crippen molar-refractivity contribution in [1.29, 1.82) is 0 Å². The van der Waals surface area contributed by atoms with Crippen molar-refractivity contribution in [2.45, 2.75) is 89.9 Å². The van der Waals surface area contributed by atoms with E-state index < -0.39 is 0 Å². The molecule has 4 nitrogen and oxygen atoms in total. The summed E-state index contributed by atoms with van der Waals surface area (Å²) in [5.41, 5.74) is 31.3. The van der Waals surface area contributed by atoms with Crippen LogP contribution < -0.4 is 26.2 Å². The van der Waals surface area contributed by atoms with Crippen molar-refractivity contribution in [2.75, 3.05) is 9.80 Å². The smallest absolute Gasteiger partial charge is 0.252 e. The molecule has 0 amide bonds. The van der Waals surface area contributed by atoms with Gasteiger partial charge in [0.1, 0.15) is 0 Å². The third-order valence-corrected chi connectivity index (χ3v) is 21.5. The van der Waals surface area contributed by atoms with Crippen molar-refractivity contribution in [3.8, 4) is 44.8 Å². The Kier molecular flexibility index (Phi) is 11.4. The fraction of sp³-hybridized carbons (Fsp3) is 0.163. The van der Waals surface area contributed by atoms with Gasteiger partial charge < -0.3 is 18.9 Å². The molecule has 12 aromatic carbocycles. The molecule has 4 heterocycles. The molecule has 0 radical (unpaired) electrons. The van der Waals surface area contributed by atoms with Crippen LogP contribution in [-0.2, 0) is 21.7 Å². The monoisotopic (exact) mass is 1170 g/mol. The average Bonchev–Trinajstić information content (AvgIpc) is 1.38. The lowest BCUT2D eigenvalue weighted by Gasteiger charge is -2.44. The maximum absolute atomic E-state index is 2.61. The normalized spacial score (nSPS) is 16.1. The molecule has 0 saturated carbocycles. The zero-order chi connectivity index (χ0) is 61.4. The third-order valence-electron chi connectivity index (χ3n) is 21.5. The SMILES string of the molecule is CC1(C)CC(C)(C)c2cc(-c3ccc(N4c5ccc(-c6ccccc6)cc5B5c6ccc(-n7c8ccccc8c8ccccc87)cc6N(c6ccc(-c7ccc8c(c7)C(C)(C)CC8(C)C)cc6)c6cc(-n7c8ccccc8c8ccccc87)cc4c65)cc3)ccc21. The molecule has 91 heavy (non-hydrogen) atoms. The van der Waals surface area contributed by atoms with Crippen LogP contribution in [0.1, 0.15) is 90.5 Å². The van der Waals surface area contributed by atoms with Crippen LogP contribution in [0.25, 0.3) is 88.4 Å². The fourth-order valence-corrected chi connectivity index (χ4v) is 18.0. The lowest BCUT2D eigenvalue weighted by atomic mass is 9.33. The second-order valence-corrected chi connectivity index (χ2v) is 29.1.